The summed E-state index contributed by atoms with van der Waals surface area (Å²) in [5.41, 5.74) is 3.36. The fraction of sp³-hybridized carbons (Fsp3) is 0.333. The van der Waals surface area contributed by atoms with Gasteiger partial charge in [-0.05, 0) is 30.2 Å². The molecule has 8 nitrogen and oxygen atoms in total. The lowest BCUT2D eigenvalue weighted by atomic mass is 10.0. The number of carbonyl (C=O) groups excluding carboxylic acids is 1. The number of benzene rings is 2. The number of ether oxygens (including phenoxy) is 4. The number of pyridine rings is 1. The van der Waals surface area contributed by atoms with E-state index in [0.717, 1.165) is 34.4 Å². The predicted molar refractivity (Wildman–Crippen MR) is 141 cm³/mol. The van der Waals surface area contributed by atoms with Crippen LogP contribution in [0.5, 0.6) is 23.3 Å². The summed E-state index contributed by atoms with van der Waals surface area (Å²) in [5.74, 6) is 2.19. The van der Waals surface area contributed by atoms with Gasteiger partial charge in [-0.15, -0.1) is 0 Å². The van der Waals surface area contributed by atoms with E-state index in [2.05, 4.69) is 15.6 Å². The minimum atomic E-state index is 0.0903. The van der Waals surface area contributed by atoms with E-state index in [1.54, 1.807) is 13.2 Å². The standard InChI is InChI=1S/C27H27Cl2N3O5/c1-34-26-18(13-30-14-19-6-8-24(33)31-19)11-21(28)27(32-26)37-15-17-3-2-4-20(25(17)29)16-5-7-22-23(12-16)36-10-9-35-22/h2-5,7,11-12,19,30H,6,8-10,13-15H2,1H3,(H,31,33)/t19-/m0/s1. The molecule has 2 aliphatic rings. The van der Waals surface area contributed by atoms with E-state index in [4.69, 9.17) is 42.1 Å². The monoisotopic (exact) mass is 543 g/mol. The second-order valence-electron chi connectivity index (χ2n) is 8.80. The molecule has 0 unspecified atom stereocenters. The van der Waals surface area contributed by atoms with E-state index in [1.807, 2.05) is 36.4 Å². The number of nitrogens with zero attached hydrogens (tertiary/aromatic N) is 1. The Bertz CT molecular complexity index is 1300. The summed E-state index contributed by atoms with van der Waals surface area (Å²) in [4.78, 5) is 15.8. The van der Waals surface area contributed by atoms with Crippen LogP contribution in [0.2, 0.25) is 10.0 Å². The van der Waals surface area contributed by atoms with Crippen LogP contribution in [-0.2, 0) is 17.9 Å². The molecule has 3 heterocycles. The van der Waals surface area contributed by atoms with Crippen LogP contribution >= 0.6 is 23.2 Å². The molecule has 2 aliphatic heterocycles. The lowest BCUT2D eigenvalue weighted by Crippen LogP contribution is -2.35. The molecule has 0 saturated carbocycles. The zero-order valence-corrected chi connectivity index (χ0v) is 21.8. The maximum Gasteiger partial charge on any atom is 0.236 e. The first-order valence-corrected chi connectivity index (χ1v) is 12.8. The molecule has 2 aromatic carbocycles. The smallest absolute Gasteiger partial charge is 0.236 e. The van der Waals surface area contributed by atoms with Gasteiger partial charge in [0.1, 0.15) is 24.8 Å². The molecular formula is C27H27Cl2N3O5. The molecule has 0 aliphatic carbocycles. The Morgan fingerprint density at radius 2 is 1.92 bits per heavy atom. The Morgan fingerprint density at radius 1 is 1.08 bits per heavy atom. The van der Waals surface area contributed by atoms with E-state index in [-0.39, 0.29) is 24.4 Å². The van der Waals surface area contributed by atoms with Crippen molar-refractivity contribution in [1.82, 2.24) is 15.6 Å². The molecule has 1 aromatic heterocycles. The van der Waals surface area contributed by atoms with Crippen LogP contribution < -0.4 is 29.6 Å². The van der Waals surface area contributed by atoms with Crippen LogP contribution in [0.3, 0.4) is 0 Å². The van der Waals surface area contributed by atoms with E-state index < -0.39 is 0 Å². The van der Waals surface area contributed by atoms with Crippen molar-refractivity contribution in [3.05, 3.63) is 63.6 Å². The van der Waals surface area contributed by atoms with Crippen molar-refractivity contribution < 1.29 is 23.7 Å². The molecule has 2 N–H and O–H groups in total. The van der Waals surface area contributed by atoms with Crippen molar-refractivity contribution in [3.63, 3.8) is 0 Å². The van der Waals surface area contributed by atoms with Crippen molar-refractivity contribution in [1.29, 1.82) is 0 Å². The number of hydrogen-bond acceptors (Lipinski definition) is 7. The Kier molecular flexibility index (Phi) is 7.88. The van der Waals surface area contributed by atoms with Gasteiger partial charge >= 0.3 is 0 Å². The Morgan fingerprint density at radius 3 is 2.70 bits per heavy atom. The zero-order valence-electron chi connectivity index (χ0n) is 20.3. The fourth-order valence-corrected chi connectivity index (χ4v) is 4.90. The second kappa shape index (κ2) is 11.5. The van der Waals surface area contributed by atoms with Gasteiger partial charge in [-0.3, -0.25) is 4.79 Å². The number of hydrogen-bond donors (Lipinski definition) is 2. The average molecular weight is 544 g/mol. The maximum atomic E-state index is 11.4. The summed E-state index contributed by atoms with van der Waals surface area (Å²) in [5, 5.41) is 7.20. The lowest BCUT2D eigenvalue weighted by Gasteiger charge is -2.19. The Hall–Kier alpha value is -3.20. The van der Waals surface area contributed by atoms with Gasteiger partial charge in [0.05, 0.1) is 12.1 Å². The Balaban J connectivity index is 1.27. The van der Waals surface area contributed by atoms with Crippen LogP contribution in [0, 0.1) is 0 Å². The topological polar surface area (TPSA) is 90.9 Å². The maximum absolute atomic E-state index is 11.4. The van der Waals surface area contributed by atoms with Crippen molar-refractivity contribution in [2.45, 2.75) is 32.0 Å². The third-order valence-corrected chi connectivity index (χ3v) is 6.98. The third-order valence-electron chi connectivity index (χ3n) is 6.26. The molecule has 1 atom stereocenters. The molecular weight excluding hydrogens is 517 g/mol. The van der Waals surface area contributed by atoms with Crippen LogP contribution in [0.1, 0.15) is 24.0 Å². The summed E-state index contributed by atoms with van der Waals surface area (Å²) in [6.07, 6.45) is 1.39. The van der Waals surface area contributed by atoms with Crippen molar-refractivity contribution in [2.24, 2.45) is 0 Å². The number of fused-ring (bicyclic) bond motifs is 1. The van der Waals surface area contributed by atoms with Crippen molar-refractivity contribution >= 4 is 29.1 Å². The molecule has 3 aromatic rings. The fourth-order valence-electron chi connectivity index (χ4n) is 4.38. The van der Waals surface area contributed by atoms with Gasteiger partial charge in [0.25, 0.3) is 0 Å². The summed E-state index contributed by atoms with van der Waals surface area (Å²) in [7, 11) is 1.55. The highest BCUT2D eigenvalue weighted by Gasteiger charge is 2.21. The number of amides is 1. The molecule has 37 heavy (non-hydrogen) atoms. The third kappa shape index (κ3) is 5.87. The minimum Gasteiger partial charge on any atom is -0.486 e. The number of aromatic nitrogens is 1. The summed E-state index contributed by atoms with van der Waals surface area (Å²) < 4.78 is 22.8. The highest BCUT2D eigenvalue weighted by molar-refractivity contribution is 6.34. The number of rotatable bonds is 9. The van der Waals surface area contributed by atoms with Gasteiger partial charge in [0.15, 0.2) is 11.5 Å². The minimum absolute atomic E-state index is 0.0903. The first-order valence-electron chi connectivity index (χ1n) is 12.1. The molecule has 5 rings (SSSR count). The van der Waals surface area contributed by atoms with Gasteiger partial charge in [-0.1, -0.05) is 47.5 Å². The van der Waals surface area contributed by atoms with Gasteiger partial charge < -0.3 is 29.6 Å². The van der Waals surface area contributed by atoms with E-state index in [9.17, 15) is 4.79 Å². The molecule has 1 amide bonds. The second-order valence-corrected chi connectivity index (χ2v) is 9.59. The molecule has 0 radical (unpaired) electrons. The van der Waals surface area contributed by atoms with E-state index >= 15 is 0 Å². The van der Waals surface area contributed by atoms with Gasteiger partial charge in [-0.2, -0.15) is 4.98 Å². The largest absolute Gasteiger partial charge is 0.486 e. The summed E-state index contributed by atoms with van der Waals surface area (Å²) >= 11 is 13.3. The lowest BCUT2D eigenvalue weighted by molar-refractivity contribution is -0.119. The molecule has 0 bridgehead atoms. The SMILES string of the molecule is COc1nc(OCc2cccc(-c3ccc4c(c3)OCCO4)c2Cl)c(Cl)cc1CNC[C@@H]1CCC(=O)N1. The van der Waals surface area contributed by atoms with Crippen LogP contribution in [-0.4, -0.2) is 43.8 Å². The van der Waals surface area contributed by atoms with E-state index in [0.29, 0.717) is 54.4 Å². The highest BCUT2D eigenvalue weighted by Crippen LogP contribution is 2.38. The quantitative estimate of drug-likeness (QED) is 0.401. The number of carbonyl (C=O) groups is 1. The van der Waals surface area contributed by atoms with E-state index in [1.165, 1.54) is 0 Å². The number of halogens is 2. The Labute approximate surface area is 225 Å². The van der Waals surface area contributed by atoms with Crippen molar-refractivity contribution in [2.75, 3.05) is 26.9 Å². The number of methoxy groups -OCH3 is 1. The highest BCUT2D eigenvalue weighted by atomic mass is 35.5. The summed E-state index contributed by atoms with van der Waals surface area (Å²) in [6.45, 7) is 2.38. The van der Waals surface area contributed by atoms with Gasteiger partial charge in [0.2, 0.25) is 17.7 Å². The van der Waals surface area contributed by atoms with Gasteiger partial charge in [0, 0.05) is 42.2 Å². The molecule has 10 heteroatoms. The average Bonchev–Trinajstić information content (AvgIpc) is 3.33. The van der Waals surface area contributed by atoms with Crippen LogP contribution in [0.15, 0.2) is 42.5 Å². The summed E-state index contributed by atoms with van der Waals surface area (Å²) in [6, 6.07) is 13.4. The first-order chi connectivity index (χ1) is 18.0. The number of nitrogens with one attached hydrogen (secondary N) is 2. The van der Waals surface area contributed by atoms with Crippen LogP contribution in [0.4, 0.5) is 0 Å². The predicted octanol–water partition coefficient (Wildman–Crippen LogP) is 4.78. The molecule has 1 saturated heterocycles. The molecule has 1 fully saturated rings. The molecule has 0 spiro atoms. The van der Waals surface area contributed by atoms with Crippen LogP contribution in [0.25, 0.3) is 11.1 Å². The first kappa shape index (κ1) is 25.4. The van der Waals surface area contributed by atoms with Gasteiger partial charge in [-0.25, -0.2) is 0 Å². The zero-order chi connectivity index (χ0) is 25.8. The normalized spacial score (nSPS) is 16.4. The molecule has 194 valence electrons. The van der Waals surface area contributed by atoms with Crippen molar-refractivity contribution in [3.8, 4) is 34.4 Å².